The lowest BCUT2D eigenvalue weighted by Gasteiger charge is -2.13. The van der Waals surface area contributed by atoms with Gasteiger partial charge in [-0.05, 0) is 30.7 Å². The van der Waals surface area contributed by atoms with Gasteiger partial charge in [0.1, 0.15) is 5.75 Å². The van der Waals surface area contributed by atoms with Crippen molar-refractivity contribution in [2.75, 3.05) is 25.0 Å². The molecular weight excluding hydrogens is 280 g/mol. The first-order valence-electron chi connectivity index (χ1n) is 7.14. The molecule has 0 bridgehead atoms. The number of hydrogen-bond donors (Lipinski definition) is 3. The Morgan fingerprint density at radius 2 is 1.77 bits per heavy atom. The summed E-state index contributed by atoms with van der Waals surface area (Å²) in [6.07, 6.45) is 0. The normalized spacial score (nSPS) is 10.3. The third-order valence-electron chi connectivity index (χ3n) is 3.05. The Bertz CT molecular complexity index is 629. The summed E-state index contributed by atoms with van der Waals surface area (Å²) in [4.78, 5) is 11.8. The Labute approximate surface area is 129 Å². The molecule has 1 amide bonds. The van der Waals surface area contributed by atoms with Crippen molar-refractivity contribution in [3.05, 3.63) is 54.1 Å². The van der Waals surface area contributed by atoms with Gasteiger partial charge < -0.3 is 20.5 Å². The fourth-order valence-electron chi connectivity index (χ4n) is 1.92. The number of aliphatic hydroxyl groups excluding tert-OH is 1. The van der Waals surface area contributed by atoms with Crippen molar-refractivity contribution in [3.63, 3.8) is 0 Å². The average molecular weight is 300 g/mol. The number of carbonyl (C=O) groups excluding carboxylic acids is 1. The molecule has 5 heteroatoms. The van der Waals surface area contributed by atoms with Crippen LogP contribution < -0.4 is 15.4 Å². The van der Waals surface area contributed by atoms with Crippen LogP contribution in [0.3, 0.4) is 0 Å². The van der Waals surface area contributed by atoms with Crippen molar-refractivity contribution < 1.29 is 14.6 Å². The van der Waals surface area contributed by atoms with E-state index >= 15 is 0 Å². The Morgan fingerprint density at radius 1 is 1.09 bits per heavy atom. The molecule has 0 saturated heterocycles. The fraction of sp³-hybridized carbons (Fsp3) is 0.235. The van der Waals surface area contributed by atoms with Crippen LogP contribution in [0, 0.1) is 6.92 Å². The summed E-state index contributed by atoms with van der Waals surface area (Å²) in [5, 5.41) is 14.3. The van der Waals surface area contributed by atoms with Crippen molar-refractivity contribution in [3.8, 4) is 11.5 Å². The maximum absolute atomic E-state index is 11.8. The summed E-state index contributed by atoms with van der Waals surface area (Å²) in [6.45, 7) is 2.49. The Balaban J connectivity index is 2.07. The highest BCUT2D eigenvalue weighted by atomic mass is 16.5. The molecule has 0 aromatic heterocycles. The van der Waals surface area contributed by atoms with E-state index in [0.29, 0.717) is 18.0 Å². The molecule has 5 nitrogen and oxygen atoms in total. The van der Waals surface area contributed by atoms with Crippen LogP contribution in [0.1, 0.15) is 5.56 Å². The molecule has 0 unspecified atom stereocenters. The second-order valence-corrected chi connectivity index (χ2v) is 4.81. The summed E-state index contributed by atoms with van der Waals surface area (Å²) in [7, 11) is 0. The highest BCUT2D eigenvalue weighted by molar-refractivity contribution is 5.93. The van der Waals surface area contributed by atoms with Crippen LogP contribution in [-0.2, 0) is 4.79 Å². The van der Waals surface area contributed by atoms with Crippen LogP contribution in [0.4, 0.5) is 5.69 Å². The van der Waals surface area contributed by atoms with Crippen molar-refractivity contribution >= 4 is 11.6 Å². The fourth-order valence-corrected chi connectivity index (χ4v) is 1.92. The number of anilines is 1. The number of rotatable bonds is 7. The summed E-state index contributed by atoms with van der Waals surface area (Å²) < 4.78 is 5.89. The lowest BCUT2D eigenvalue weighted by Crippen LogP contribution is -2.30. The van der Waals surface area contributed by atoms with Gasteiger partial charge in [0.2, 0.25) is 5.91 Å². The third kappa shape index (κ3) is 4.58. The number of ether oxygens (including phenoxy) is 1. The highest BCUT2D eigenvalue weighted by Crippen LogP contribution is 2.30. The number of hydrogen-bond acceptors (Lipinski definition) is 4. The number of aliphatic hydroxyl groups is 1. The minimum Gasteiger partial charge on any atom is -0.455 e. The van der Waals surface area contributed by atoms with Crippen LogP contribution in [0.5, 0.6) is 11.5 Å². The first-order chi connectivity index (χ1) is 10.7. The third-order valence-corrected chi connectivity index (χ3v) is 3.05. The van der Waals surface area contributed by atoms with E-state index in [2.05, 4.69) is 10.6 Å². The van der Waals surface area contributed by atoms with Crippen LogP contribution in [-0.4, -0.2) is 30.7 Å². The molecule has 0 atom stereocenters. The molecule has 22 heavy (non-hydrogen) atoms. The molecular formula is C17H20N2O3. The molecule has 0 aliphatic carbocycles. The minimum absolute atomic E-state index is 0.000260. The topological polar surface area (TPSA) is 70.6 Å². The van der Waals surface area contributed by atoms with Crippen LogP contribution in [0.25, 0.3) is 0 Å². The van der Waals surface area contributed by atoms with Crippen molar-refractivity contribution in [1.29, 1.82) is 0 Å². The van der Waals surface area contributed by atoms with E-state index in [-0.39, 0.29) is 19.1 Å². The van der Waals surface area contributed by atoms with Gasteiger partial charge in [-0.2, -0.15) is 0 Å². The smallest absolute Gasteiger partial charge is 0.238 e. The van der Waals surface area contributed by atoms with E-state index in [0.717, 1.165) is 11.3 Å². The number of carbonyl (C=O) groups is 1. The quantitative estimate of drug-likeness (QED) is 0.686. The molecule has 0 spiro atoms. The molecule has 0 heterocycles. The van der Waals surface area contributed by atoms with Gasteiger partial charge in [0.05, 0.1) is 18.8 Å². The maximum atomic E-state index is 11.8. The number of benzene rings is 2. The zero-order valence-corrected chi connectivity index (χ0v) is 12.5. The van der Waals surface area contributed by atoms with Gasteiger partial charge in [-0.1, -0.05) is 30.3 Å². The lowest BCUT2D eigenvalue weighted by molar-refractivity contribution is -0.115. The molecule has 116 valence electrons. The summed E-state index contributed by atoms with van der Waals surface area (Å²) in [5.41, 5.74) is 1.63. The van der Waals surface area contributed by atoms with E-state index < -0.39 is 0 Å². The number of para-hydroxylation sites is 3. The monoisotopic (exact) mass is 300 g/mol. The standard InChI is InChI=1S/C17H20N2O3/c1-13-6-2-4-8-15(13)22-16-9-5-3-7-14(16)19-17(21)12-18-10-11-20/h2-9,18,20H,10-12H2,1H3,(H,19,21). The summed E-state index contributed by atoms with van der Waals surface area (Å²) in [5.74, 6) is 1.16. The maximum Gasteiger partial charge on any atom is 0.238 e. The molecule has 2 aromatic carbocycles. The molecule has 0 aliphatic heterocycles. The average Bonchev–Trinajstić information content (AvgIpc) is 2.52. The largest absolute Gasteiger partial charge is 0.455 e. The Morgan fingerprint density at radius 3 is 2.50 bits per heavy atom. The van der Waals surface area contributed by atoms with Gasteiger partial charge in [0.15, 0.2) is 5.75 Å². The molecule has 0 radical (unpaired) electrons. The van der Waals surface area contributed by atoms with Crippen molar-refractivity contribution in [2.45, 2.75) is 6.92 Å². The van der Waals surface area contributed by atoms with Crippen LogP contribution >= 0.6 is 0 Å². The first-order valence-corrected chi connectivity index (χ1v) is 7.14. The zero-order valence-electron chi connectivity index (χ0n) is 12.5. The molecule has 0 fully saturated rings. The van der Waals surface area contributed by atoms with Gasteiger partial charge in [-0.25, -0.2) is 0 Å². The van der Waals surface area contributed by atoms with Crippen molar-refractivity contribution in [2.24, 2.45) is 0 Å². The minimum atomic E-state index is -0.186. The first kappa shape index (κ1) is 16.0. The van der Waals surface area contributed by atoms with Crippen LogP contribution in [0.15, 0.2) is 48.5 Å². The predicted molar refractivity (Wildman–Crippen MR) is 86.3 cm³/mol. The van der Waals surface area contributed by atoms with Gasteiger partial charge in [-0.3, -0.25) is 4.79 Å². The van der Waals surface area contributed by atoms with E-state index in [1.807, 2.05) is 49.4 Å². The number of nitrogens with one attached hydrogen (secondary N) is 2. The van der Waals surface area contributed by atoms with Crippen molar-refractivity contribution in [1.82, 2.24) is 5.32 Å². The molecule has 2 rings (SSSR count). The van der Waals surface area contributed by atoms with E-state index in [9.17, 15) is 4.79 Å². The second-order valence-electron chi connectivity index (χ2n) is 4.81. The van der Waals surface area contributed by atoms with Crippen LogP contribution in [0.2, 0.25) is 0 Å². The highest BCUT2D eigenvalue weighted by Gasteiger charge is 2.09. The molecule has 0 aliphatic rings. The lowest BCUT2D eigenvalue weighted by atomic mass is 10.2. The van der Waals surface area contributed by atoms with Gasteiger partial charge >= 0.3 is 0 Å². The van der Waals surface area contributed by atoms with Gasteiger partial charge in [0.25, 0.3) is 0 Å². The SMILES string of the molecule is Cc1ccccc1Oc1ccccc1NC(=O)CNCCO. The zero-order chi connectivity index (χ0) is 15.8. The van der Waals surface area contributed by atoms with E-state index in [4.69, 9.17) is 9.84 Å². The number of amides is 1. The molecule has 0 saturated carbocycles. The summed E-state index contributed by atoms with van der Waals surface area (Å²) >= 11 is 0. The van der Waals surface area contributed by atoms with Gasteiger partial charge in [0, 0.05) is 6.54 Å². The Kier molecular flexibility index (Phi) is 5.94. The van der Waals surface area contributed by atoms with Gasteiger partial charge in [-0.15, -0.1) is 0 Å². The second kappa shape index (κ2) is 8.17. The summed E-state index contributed by atoms with van der Waals surface area (Å²) in [6, 6.07) is 15.0. The molecule has 2 aromatic rings. The molecule has 3 N–H and O–H groups in total. The van der Waals surface area contributed by atoms with E-state index in [1.165, 1.54) is 0 Å². The predicted octanol–water partition coefficient (Wildman–Crippen LogP) is 2.31. The Hall–Kier alpha value is -2.37. The van der Waals surface area contributed by atoms with E-state index in [1.54, 1.807) is 6.07 Å². The number of aryl methyl sites for hydroxylation is 1.